The fraction of sp³-hybridized carbons (Fsp3) is 0.154. The highest BCUT2D eigenvalue weighted by Gasteiger charge is 2.15. The molecule has 0 radical (unpaired) electrons. The minimum Gasteiger partial charge on any atom is -0.489 e. The maximum absolute atomic E-state index is 11.1. The fourth-order valence-electron chi connectivity index (χ4n) is 3.16. The Labute approximate surface area is 196 Å². The first-order chi connectivity index (χ1) is 16.0. The summed E-state index contributed by atoms with van der Waals surface area (Å²) in [6.45, 7) is 1.99. The molecule has 3 aromatic carbocycles. The quantitative estimate of drug-likeness (QED) is 0.333. The number of nitrogens with zero attached hydrogens (tertiary/aromatic N) is 1. The molecule has 0 aliphatic rings. The third kappa shape index (κ3) is 5.93. The highest BCUT2D eigenvalue weighted by molar-refractivity contribution is 6.30. The zero-order valence-corrected chi connectivity index (χ0v) is 18.7. The van der Waals surface area contributed by atoms with E-state index >= 15 is 0 Å². The number of rotatable bonds is 9. The molecule has 0 amide bonds. The maximum atomic E-state index is 11.1. The average Bonchev–Trinajstić information content (AvgIpc) is 2.83. The van der Waals surface area contributed by atoms with Gasteiger partial charge in [0, 0.05) is 16.0 Å². The molecular formula is C26H22ClNO5. The normalized spacial score (nSPS) is 11.7. The molecule has 33 heavy (non-hydrogen) atoms. The molecule has 1 atom stereocenters. The van der Waals surface area contributed by atoms with E-state index < -0.39 is 12.1 Å². The third-order valence-corrected chi connectivity index (χ3v) is 5.17. The largest absolute Gasteiger partial charge is 0.489 e. The average molecular weight is 464 g/mol. The van der Waals surface area contributed by atoms with Crippen molar-refractivity contribution in [2.75, 3.05) is 0 Å². The number of aromatic nitrogens is 1. The van der Waals surface area contributed by atoms with Gasteiger partial charge in [0.05, 0.1) is 11.2 Å². The van der Waals surface area contributed by atoms with E-state index in [0.29, 0.717) is 34.4 Å². The van der Waals surface area contributed by atoms with E-state index in [0.717, 1.165) is 16.6 Å². The lowest BCUT2D eigenvalue weighted by Crippen LogP contribution is -2.23. The van der Waals surface area contributed by atoms with Crippen LogP contribution in [0.25, 0.3) is 10.9 Å². The van der Waals surface area contributed by atoms with Gasteiger partial charge >= 0.3 is 5.97 Å². The molecule has 0 aliphatic heterocycles. The van der Waals surface area contributed by atoms with Crippen molar-refractivity contribution in [2.45, 2.75) is 26.2 Å². The molecule has 0 spiro atoms. The van der Waals surface area contributed by atoms with Crippen molar-refractivity contribution in [1.29, 1.82) is 0 Å². The molecule has 0 saturated carbocycles. The lowest BCUT2D eigenvalue weighted by atomic mass is 10.2. The molecule has 6 nitrogen and oxygen atoms in total. The first-order valence-corrected chi connectivity index (χ1v) is 10.7. The summed E-state index contributed by atoms with van der Waals surface area (Å²) in [5, 5.41) is 10.7. The Bertz CT molecular complexity index is 1260. The monoisotopic (exact) mass is 463 g/mol. The number of aliphatic carboxylic acids is 1. The number of carboxylic acid groups (broad SMARTS) is 1. The Morgan fingerprint density at radius 2 is 1.64 bits per heavy atom. The van der Waals surface area contributed by atoms with Crippen molar-refractivity contribution >= 4 is 28.5 Å². The summed E-state index contributed by atoms with van der Waals surface area (Å²) in [5.41, 5.74) is 2.43. The van der Waals surface area contributed by atoms with Crippen LogP contribution in [0.3, 0.4) is 0 Å². The van der Waals surface area contributed by atoms with Gasteiger partial charge in [0.15, 0.2) is 6.10 Å². The Morgan fingerprint density at radius 3 is 2.36 bits per heavy atom. The van der Waals surface area contributed by atoms with E-state index in [1.54, 1.807) is 30.3 Å². The van der Waals surface area contributed by atoms with Gasteiger partial charge in [-0.15, -0.1) is 0 Å². The summed E-state index contributed by atoms with van der Waals surface area (Å²) in [5.74, 6) is 0.686. The number of carbonyl (C=O) groups is 1. The van der Waals surface area contributed by atoms with Crippen LogP contribution in [-0.4, -0.2) is 22.2 Å². The topological polar surface area (TPSA) is 77.9 Å². The van der Waals surface area contributed by atoms with E-state index in [4.69, 9.17) is 30.9 Å². The fourth-order valence-corrected chi connectivity index (χ4v) is 3.35. The number of hydrogen-bond acceptors (Lipinski definition) is 5. The van der Waals surface area contributed by atoms with Crippen LogP contribution >= 0.6 is 11.6 Å². The first-order valence-electron chi connectivity index (χ1n) is 10.4. The molecular weight excluding hydrogens is 442 g/mol. The molecule has 0 fully saturated rings. The molecule has 1 aromatic heterocycles. The second-order valence-corrected chi connectivity index (χ2v) is 7.83. The molecule has 4 rings (SSSR count). The van der Waals surface area contributed by atoms with Gasteiger partial charge in [0.25, 0.3) is 0 Å². The number of fused-ring (bicyclic) bond motifs is 1. The Kier molecular flexibility index (Phi) is 6.95. The van der Waals surface area contributed by atoms with Crippen molar-refractivity contribution < 1.29 is 24.1 Å². The molecule has 168 valence electrons. The predicted octanol–water partition coefficient (Wildman–Crippen LogP) is 5.90. The number of para-hydroxylation sites is 1. The van der Waals surface area contributed by atoms with Crippen LogP contribution in [-0.2, 0) is 18.0 Å². The lowest BCUT2D eigenvalue weighted by Gasteiger charge is -2.15. The number of pyridine rings is 1. The van der Waals surface area contributed by atoms with E-state index in [1.165, 1.54) is 6.92 Å². The van der Waals surface area contributed by atoms with Gasteiger partial charge in [-0.2, -0.15) is 0 Å². The third-order valence-electron chi connectivity index (χ3n) is 4.93. The van der Waals surface area contributed by atoms with E-state index in [9.17, 15) is 4.79 Å². The Hall–Kier alpha value is -3.77. The summed E-state index contributed by atoms with van der Waals surface area (Å²) in [4.78, 5) is 15.7. The second-order valence-electron chi connectivity index (χ2n) is 7.39. The van der Waals surface area contributed by atoms with E-state index in [1.807, 2.05) is 48.5 Å². The first kappa shape index (κ1) is 22.4. The smallest absolute Gasteiger partial charge is 0.344 e. The number of hydrogen-bond donors (Lipinski definition) is 1. The van der Waals surface area contributed by atoms with Crippen LogP contribution < -0.4 is 14.2 Å². The number of halogens is 1. The Morgan fingerprint density at radius 1 is 0.939 bits per heavy atom. The molecule has 7 heteroatoms. The number of benzene rings is 3. The minimum absolute atomic E-state index is 0.170. The highest BCUT2D eigenvalue weighted by atomic mass is 35.5. The zero-order valence-electron chi connectivity index (χ0n) is 17.9. The van der Waals surface area contributed by atoms with Gasteiger partial charge in [-0.3, -0.25) is 0 Å². The second kappa shape index (κ2) is 10.2. The zero-order chi connectivity index (χ0) is 23.2. The van der Waals surface area contributed by atoms with E-state index in [-0.39, 0.29) is 6.61 Å². The van der Waals surface area contributed by atoms with Crippen LogP contribution in [0.15, 0.2) is 78.9 Å². The van der Waals surface area contributed by atoms with Crippen LogP contribution in [0.5, 0.6) is 17.2 Å². The number of carboxylic acids is 1. The molecule has 0 saturated heterocycles. The summed E-state index contributed by atoms with van der Waals surface area (Å²) < 4.78 is 17.2. The maximum Gasteiger partial charge on any atom is 0.344 e. The SMILES string of the molecule is CC(Oc1ccc(Cl)cc1COc1ccc(OCc2ccc3ccccc3n2)cc1)C(=O)O. The van der Waals surface area contributed by atoms with Gasteiger partial charge in [-0.1, -0.05) is 35.9 Å². The van der Waals surface area contributed by atoms with Crippen molar-refractivity contribution in [1.82, 2.24) is 4.98 Å². The molecule has 1 heterocycles. The van der Waals surface area contributed by atoms with Gasteiger partial charge in [0.2, 0.25) is 0 Å². The highest BCUT2D eigenvalue weighted by Crippen LogP contribution is 2.26. The molecule has 0 bridgehead atoms. The van der Waals surface area contributed by atoms with Crippen molar-refractivity contribution in [3.8, 4) is 17.2 Å². The van der Waals surface area contributed by atoms with Crippen LogP contribution in [0.4, 0.5) is 0 Å². The summed E-state index contributed by atoms with van der Waals surface area (Å²) >= 11 is 6.09. The van der Waals surface area contributed by atoms with Gasteiger partial charge in [0.1, 0.15) is 30.5 Å². The van der Waals surface area contributed by atoms with Crippen LogP contribution in [0.2, 0.25) is 5.02 Å². The van der Waals surface area contributed by atoms with Gasteiger partial charge in [-0.05, 0) is 61.5 Å². The molecule has 1 unspecified atom stereocenters. The van der Waals surface area contributed by atoms with Crippen molar-refractivity contribution in [3.05, 3.63) is 95.1 Å². The van der Waals surface area contributed by atoms with Gasteiger partial charge < -0.3 is 19.3 Å². The van der Waals surface area contributed by atoms with Crippen molar-refractivity contribution in [2.24, 2.45) is 0 Å². The summed E-state index contributed by atoms with van der Waals surface area (Å²) in [7, 11) is 0. The molecule has 4 aromatic rings. The predicted molar refractivity (Wildman–Crippen MR) is 126 cm³/mol. The van der Waals surface area contributed by atoms with Crippen LogP contribution in [0.1, 0.15) is 18.2 Å². The van der Waals surface area contributed by atoms with Gasteiger partial charge in [-0.25, -0.2) is 9.78 Å². The van der Waals surface area contributed by atoms with Crippen molar-refractivity contribution in [3.63, 3.8) is 0 Å². The van der Waals surface area contributed by atoms with E-state index in [2.05, 4.69) is 4.98 Å². The standard InChI is InChI=1S/C26H22ClNO5/c1-17(26(29)30)33-25-13-7-20(27)14-19(25)15-31-22-9-11-23(12-10-22)32-16-21-8-6-18-4-2-3-5-24(18)28-21/h2-14,17H,15-16H2,1H3,(H,29,30). The lowest BCUT2D eigenvalue weighted by molar-refractivity contribution is -0.144. The minimum atomic E-state index is -1.05. The molecule has 1 N–H and O–H groups in total. The number of ether oxygens (including phenoxy) is 3. The summed E-state index contributed by atoms with van der Waals surface area (Å²) in [6, 6.07) is 24.1. The summed E-state index contributed by atoms with van der Waals surface area (Å²) in [6.07, 6.45) is -0.988. The Balaban J connectivity index is 1.36. The molecule has 0 aliphatic carbocycles. The van der Waals surface area contributed by atoms with Crippen LogP contribution in [0, 0.1) is 0 Å².